The van der Waals surface area contributed by atoms with Gasteiger partial charge in [0, 0.05) is 30.5 Å². The second-order valence-electron chi connectivity index (χ2n) is 7.77. The predicted molar refractivity (Wildman–Crippen MR) is 117 cm³/mol. The number of amides is 1. The van der Waals surface area contributed by atoms with Crippen LogP contribution in [0, 0.1) is 11.8 Å². The number of hydrogen-bond acceptors (Lipinski definition) is 4. The van der Waals surface area contributed by atoms with Crippen molar-refractivity contribution in [2.75, 3.05) is 30.3 Å². The van der Waals surface area contributed by atoms with E-state index in [1.165, 1.54) is 0 Å². The minimum absolute atomic E-state index is 0.0110. The summed E-state index contributed by atoms with van der Waals surface area (Å²) >= 11 is 6.41. The summed E-state index contributed by atoms with van der Waals surface area (Å²) in [6.07, 6.45) is 4.65. The van der Waals surface area contributed by atoms with Gasteiger partial charge in [-0.3, -0.25) is 4.79 Å². The first-order valence-electron chi connectivity index (χ1n) is 10.0. The van der Waals surface area contributed by atoms with E-state index in [1.807, 2.05) is 18.2 Å². The highest BCUT2D eigenvalue weighted by Crippen LogP contribution is 2.31. The molecule has 0 radical (unpaired) electrons. The van der Waals surface area contributed by atoms with Crippen LogP contribution in [0.5, 0.6) is 0 Å². The second-order valence-corrected chi connectivity index (χ2v) is 8.18. The molecule has 2 aromatic rings. The molecule has 1 aliphatic heterocycles. The number of anilines is 2. The topological polar surface area (TPSA) is 66.0 Å². The third-order valence-electron chi connectivity index (χ3n) is 5.00. The van der Waals surface area contributed by atoms with E-state index in [0.717, 1.165) is 55.7 Å². The average Bonchev–Trinajstić information content (AvgIpc) is 2.70. The fraction of sp³-hybridized carbons (Fsp3) is 0.455. The molecular formula is C22H29ClN4O. The van der Waals surface area contributed by atoms with Crippen LogP contribution in [-0.2, 0) is 4.79 Å². The van der Waals surface area contributed by atoms with Gasteiger partial charge < -0.3 is 16.0 Å². The Morgan fingerprint density at radius 3 is 2.96 bits per heavy atom. The molecule has 1 aromatic heterocycles. The lowest BCUT2D eigenvalue weighted by Gasteiger charge is -2.21. The van der Waals surface area contributed by atoms with Gasteiger partial charge in [0.2, 0.25) is 5.91 Å². The van der Waals surface area contributed by atoms with Gasteiger partial charge in [-0.05, 0) is 55.5 Å². The van der Waals surface area contributed by atoms with Gasteiger partial charge in [0.15, 0.2) is 0 Å². The maximum Gasteiger partial charge on any atom is 0.229 e. The van der Waals surface area contributed by atoms with Crippen molar-refractivity contribution in [3.63, 3.8) is 0 Å². The SMILES string of the molecule is CC(C)CCNc1cccc(-c2cc(NC(=O)[C@@H]3CCCNC3)ncc2Cl)c1. The summed E-state index contributed by atoms with van der Waals surface area (Å²) in [5.41, 5.74) is 2.92. The Bertz CT molecular complexity index is 803. The molecule has 3 N–H and O–H groups in total. The Balaban J connectivity index is 1.73. The molecule has 1 saturated heterocycles. The molecule has 1 aliphatic rings. The molecule has 150 valence electrons. The normalized spacial score (nSPS) is 16.8. The monoisotopic (exact) mass is 400 g/mol. The van der Waals surface area contributed by atoms with Crippen LogP contribution < -0.4 is 16.0 Å². The van der Waals surface area contributed by atoms with E-state index >= 15 is 0 Å². The summed E-state index contributed by atoms with van der Waals surface area (Å²) in [4.78, 5) is 16.8. The van der Waals surface area contributed by atoms with Crippen molar-refractivity contribution in [2.45, 2.75) is 33.1 Å². The van der Waals surface area contributed by atoms with Gasteiger partial charge >= 0.3 is 0 Å². The van der Waals surface area contributed by atoms with Crippen molar-refractivity contribution in [3.05, 3.63) is 41.6 Å². The van der Waals surface area contributed by atoms with E-state index in [1.54, 1.807) is 6.20 Å². The van der Waals surface area contributed by atoms with E-state index in [9.17, 15) is 4.79 Å². The summed E-state index contributed by atoms with van der Waals surface area (Å²) < 4.78 is 0. The number of carbonyl (C=O) groups excluding carboxylic acids is 1. The number of halogens is 1. The molecule has 0 bridgehead atoms. The number of aromatic nitrogens is 1. The van der Waals surface area contributed by atoms with Gasteiger partial charge in [-0.1, -0.05) is 37.6 Å². The van der Waals surface area contributed by atoms with Crippen molar-refractivity contribution in [1.82, 2.24) is 10.3 Å². The molecule has 5 nitrogen and oxygen atoms in total. The zero-order valence-electron chi connectivity index (χ0n) is 16.6. The van der Waals surface area contributed by atoms with Gasteiger partial charge in [0.1, 0.15) is 5.82 Å². The van der Waals surface area contributed by atoms with Gasteiger partial charge in [-0.15, -0.1) is 0 Å². The number of hydrogen-bond donors (Lipinski definition) is 3. The smallest absolute Gasteiger partial charge is 0.229 e. The Morgan fingerprint density at radius 1 is 1.36 bits per heavy atom. The minimum atomic E-state index is -0.0110. The largest absolute Gasteiger partial charge is 0.385 e. The predicted octanol–water partition coefficient (Wildman–Crippen LogP) is 4.80. The lowest BCUT2D eigenvalue weighted by Crippen LogP contribution is -2.37. The number of rotatable bonds is 7. The first-order valence-corrected chi connectivity index (χ1v) is 10.4. The zero-order valence-corrected chi connectivity index (χ0v) is 17.4. The van der Waals surface area contributed by atoms with Crippen molar-refractivity contribution >= 4 is 29.0 Å². The third-order valence-corrected chi connectivity index (χ3v) is 5.30. The van der Waals surface area contributed by atoms with E-state index in [2.05, 4.69) is 46.9 Å². The summed E-state index contributed by atoms with van der Waals surface area (Å²) in [7, 11) is 0. The molecule has 1 amide bonds. The van der Waals surface area contributed by atoms with Crippen molar-refractivity contribution in [2.24, 2.45) is 11.8 Å². The molecule has 2 heterocycles. The quantitative estimate of drug-likeness (QED) is 0.624. The highest BCUT2D eigenvalue weighted by molar-refractivity contribution is 6.33. The van der Waals surface area contributed by atoms with Crippen molar-refractivity contribution < 1.29 is 4.79 Å². The summed E-state index contributed by atoms with van der Waals surface area (Å²) in [5.74, 6) is 1.20. The molecule has 1 atom stereocenters. The van der Waals surface area contributed by atoms with Crippen LogP contribution in [-0.4, -0.2) is 30.5 Å². The first kappa shape index (κ1) is 20.6. The van der Waals surface area contributed by atoms with Crippen LogP contribution in [0.3, 0.4) is 0 Å². The lowest BCUT2D eigenvalue weighted by atomic mass is 9.99. The van der Waals surface area contributed by atoms with Crippen LogP contribution in [0.2, 0.25) is 5.02 Å². The van der Waals surface area contributed by atoms with Crippen LogP contribution >= 0.6 is 11.6 Å². The molecule has 1 aromatic carbocycles. The second kappa shape index (κ2) is 9.89. The van der Waals surface area contributed by atoms with Crippen molar-refractivity contribution in [3.8, 4) is 11.1 Å². The Hall–Kier alpha value is -2.11. The van der Waals surface area contributed by atoms with Crippen molar-refractivity contribution in [1.29, 1.82) is 0 Å². The number of pyridine rings is 1. The Labute approximate surface area is 172 Å². The molecule has 1 fully saturated rings. The maximum absolute atomic E-state index is 12.5. The standard InChI is InChI=1S/C22H29ClN4O/c1-15(2)8-10-25-18-7-3-5-16(11-18)19-12-21(26-14-20(19)23)27-22(28)17-6-4-9-24-13-17/h3,5,7,11-12,14-15,17,24-25H,4,6,8-10,13H2,1-2H3,(H,26,27,28)/t17-/m1/s1. The van der Waals surface area contributed by atoms with Crippen LogP contribution in [0.25, 0.3) is 11.1 Å². The van der Waals surface area contributed by atoms with Crippen LogP contribution in [0.1, 0.15) is 33.1 Å². The zero-order chi connectivity index (χ0) is 19.9. The Kier molecular flexibility index (Phi) is 7.29. The van der Waals surface area contributed by atoms with Gasteiger partial charge in [-0.2, -0.15) is 0 Å². The fourth-order valence-corrected chi connectivity index (χ4v) is 3.55. The van der Waals surface area contributed by atoms with Gasteiger partial charge in [0.25, 0.3) is 0 Å². The van der Waals surface area contributed by atoms with E-state index in [4.69, 9.17) is 11.6 Å². The molecule has 0 aliphatic carbocycles. The molecule has 0 spiro atoms. The lowest BCUT2D eigenvalue weighted by molar-refractivity contribution is -0.120. The summed E-state index contributed by atoms with van der Waals surface area (Å²) in [5, 5.41) is 10.2. The highest BCUT2D eigenvalue weighted by atomic mass is 35.5. The number of carbonyl (C=O) groups is 1. The van der Waals surface area contributed by atoms with E-state index in [0.29, 0.717) is 16.8 Å². The Morgan fingerprint density at radius 2 is 2.21 bits per heavy atom. The molecule has 0 unspecified atom stereocenters. The van der Waals surface area contributed by atoms with Crippen LogP contribution in [0.15, 0.2) is 36.5 Å². The highest BCUT2D eigenvalue weighted by Gasteiger charge is 2.21. The first-order chi connectivity index (χ1) is 13.5. The molecule has 6 heteroatoms. The molecular weight excluding hydrogens is 372 g/mol. The number of nitrogens with one attached hydrogen (secondary N) is 3. The maximum atomic E-state index is 12.5. The molecule has 28 heavy (non-hydrogen) atoms. The summed E-state index contributed by atoms with van der Waals surface area (Å²) in [6.45, 7) is 7.06. The number of nitrogens with zero attached hydrogens (tertiary/aromatic N) is 1. The van der Waals surface area contributed by atoms with Gasteiger partial charge in [-0.25, -0.2) is 4.98 Å². The third kappa shape index (κ3) is 5.69. The van der Waals surface area contributed by atoms with E-state index < -0.39 is 0 Å². The van der Waals surface area contributed by atoms with Gasteiger partial charge in [0.05, 0.1) is 10.9 Å². The van der Waals surface area contributed by atoms with Crippen LogP contribution in [0.4, 0.5) is 11.5 Å². The minimum Gasteiger partial charge on any atom is -0.385 e. The van der Waals surface area contributed by atoms with E-state index in [-0.39, 0.29) is 11.8 Å². The molecule has 3 rings (SSSR count). The molecule has 0 saturated carbocycles. The number of benzene rings is 1. The fourth-order valence-electron chi connectivity index (χ4n) is 3.33. The summed E-state index contributed by atoms with van der Waals surface area (Å²) in [6, 6.07) is 10.0. The number of piperidine rings is 1. The average molecular weight is 401 g/mol.